The molecule has 0 radical (unpaired) electrons. The zero-order valence-electron chi connectivity index (χ0n) is 13.8. The largest absolute Gasteiger partial charge is 0.480 e. The van der Waals surface area contributed by atoms with E-state index in [1.807, 2.05) is 30.3 Å². The van der Waals surface area contributed by atoms with Crippen LogP contribution < -0.4 is 5.32 Å². The molecule has 0 aliphatic rings. The molecule has 3 heteroatoms. The van der Waals surface area contributed by atoms with E-state index in [4.69, 9.17) is 0 Å². The fourth-order valence-electron chi connectivity index (χ4n) is 2.63. The standard InChI is InChI=1S/C20H25NO2/c1-15-8-11-17(12-9-15)13-10-16(2)21-19(20(22)23)14-18-6-4-3-5-7-18/h3-9,11-12,16,19,21H,10,13-14H2,1-2H3,(H,22,23)/t16?,19-/m0/s1. The predicted octanol–water partition coefficient (Wildman–Crippen LogP) is 3.60. The van der Waals surface area contributed by atoms with Gasteiger partial charge in [0.1, 0.15) is 6.04 Å². The van der Waals surface area contributed by atoms with Crippen molar-refractivity contribution in [2.45, 2.75) is 45.2 Å². The number of carboxylic acid groups (broad SMARTS) is 1. The fourth-order valence-corrected chi connectivity index (χ4v) is 2.63. The Hall–Kier alpha value is -2.13. The van der Waals surface area contributed by atoms with Gasteiger partial charge in [-0.3, -0.25) is 4.79 Å². The van der Waals surface area contributed by atoms with E-state index in [1.54, 1.807) is 0 Å². The molecule has 2 atom stereocenters. The zero-order chi connectivity index (χ0) is 16.7. The molecule has 0 saturated carbocycles. The molecule has 122 valence electrons. The van der Waals surface area contributed by atoms with Crippen LogP contribution in [0.4, 0.5) is 0 Å². The predicted molar refractivity (Wildman–Crippen MR) is 93.7 cm³/mol. The van der Waals surface area contributed by atoms with Gasteiger partial charge in [-0.25, -0.2) is 0 Å². The molecular formula is C20H25NO2. The van der Waals surface area contributed by atoms with Crippen molar-refractivity contribution in [1.29, 1.82) is 0 Å². The van der Waals surface area contributed by atoms with Crippen molar-refractivity contribution in [2.75, 3.05) is 0 Å². The van der Waals surface area contributed by atoms with Gasteiger partial charge in [0.15, 0.2) is 0 Å². The summed E-state index contributed by atoms with van der Waals surface area (Å²) in [4.78, 5) is 11.5. The Morgan fingerprint density at radius 2 is 1.70 bits per heavy atom. The third kappa shape index (κ3) is 5.87. The summed E-state index contributed by atoms with van der Waals surface area (Å²) in [5, 5.41) is 12.7. The van der Waals surface area contributed by atoms with E-state index in [-0.39, 0.29) is 6.04 Å². The lowest BCUT2D eigenvalue weighted by atomic mass is 10.0. The first-order valence-electron chi connectivity index (χ1n) is 8.13. The Labute approximate surface area is 138 Å². The highest BCUT2D eigenvalue weighted by atomic mass is 16.4. The summed E-state index contributed by atoms with van der Waals surface area (Å²) < 4.78 is 0. The van der Waals surface area contributed by atoms with Crippen LogP contribution in [0.5, 0.6) is 0 Å². The number of nitrogens with one attached hydrogen (secondary N) is 1. The molecule has 0 fully saturated rings. The number of aryl methyl sites for hydroxylation is 2. The van der Waals surface area contributed by atoms with Crippen molar-refractivity contribution in [3.8, 4) is 0 Å². The van der Waals surface area contributed by atoms with Gasteiger partial charge in [-0.05, 0) is 44.2 Å². The van der Waals surface area contributed by atoms with Crippen LogP contribution in [0.15, 0.2) is 54.6 Å². The van der Waals surface area contributed by atoms with Crippen molar-refractivity contribution in [1.82, 2.24) is 5.32 Å². The fraction of sp³-hybridized carbons (Fsp3) is 0.350. The first kappa shape index (κ1) is 17.2. The van der Waals surface area contributed by atoms with Crippen molar-refractivity contribution in [3.63, 3.8) is 0 Å². The van der Waals surface area contributed by atoms with Crippen molar-refractivity contribution < 1.29 is 9.90 Å². The quantitative estimate of drug-likeness (QED) is 0.783. The van der Waals surface area contributed by atoms with Gasteiger partial charge in [-0.2, -0.15) is 0 Å². The number of benzene rings is 2. The van der Waals surface area contributed by atoms with Gasteiger partial charge in [-0.1, -0.05) is 60.2 Å². The third-order valence-electron chi connectivity index (χ3n) is 4.05. The lowest BCUT2D eigenvalue weighted by molar-refractivity contribution is -0.139. The summed E-state index contributed by atoms with van der Waals surface area (Å²) in [6.45, 7) is 4.13. The van der Waals surface area contributed by atoms with E-state index in [1.165, 1.54) is 11.1 Å². The highest BCUT2D eigenvalue weighted by molar-refractivity contribution is 5.74. The average molecular weight is 311 g/mol. The topological polar surface area (TPSA) is 49.3 Å². The molecule has 1 unspecified atom stereocenters. The summed E-state index contributed by atoms with van der Waals surface area (Å²) in [6, 6.07) is 17.9. The van der Waals surface area contributed by atoms with Gasteiger partial charge in [0.05, 0.1) is 0 Å². The van der Waals surface area contributed by atoms with Crippen LogP contribution in [0.25, 0.3) is 0 Å². The van der Waals surface area contributed by atoms with E-state index in [9.17, 15) is 9.90 Å². The third-order valence-corrected chi connectivity index (χ3v) is 4.05. The van der Waals surface area contributed by atoms with Crippen molar-refractivity contribution >= 4 is 5.97 Å². The van der Waals surface area contributed by atoms with Gasteiger partial charge >= 0.3 is 5.97 Å². The number of aliphatic carboxylic acids is 1. The van der Waals surface area contributed by atoms with Crippen LogP contribution in [0.2, 0.25) is 0 Å². The van der Waals surface area contributed by atoms with Crippen LogP contribution in [0.3, 0.4) is 0 Å². The summed E-state index contributed by atoms with van der Waals surface area (Å²) in [7, 11) is 0. The second kappa shape index (κ2) is 8.49. The normalized spacial score (nSPS) is 13.5. The minimum Gasteiger partial charge on any atom is -0.480 e. The van der Waals surface area contributed by atoms with Crippen LogP contribution in [0, 0.1) is 6.92 Å². The molecule has 0 amide bonds. The lowest BCUT2D eigenvalue weighted by Crippen LogP contribution is -2.43. The molecule has 0 aliphatic carbocycles. The number of rotatable bonds is 8. The minimum absolute atomic E-state index is 0.154. The van der Waals surface area contributed by atoms with Gasteiger partial charge in [0.25, 0.3) is 0 Å². The molecule has 2 rings (SSSR count). The molecule has 2 aromatic rings. The molecule has 2 aromatic carbocycles. The summed E-state index contributed by atoms with van der Waals surface area (Å²) >= 11 is 0. The van der Waals surface area contributed by atoms with E-state index >= 15 is 0 Å². The Kier molecular flexibility index (Phi) is 6.36. The first-order chi connectivity index (χ1) is 11.0. The SMILES string of the molecule is Cc1ccc(CCC(C)N[C@@H](Cc2ccccc2)C(=O)O)cc1. The Balaban J connectivity index is 1.86. The van der Waals surface area contributed by atoms with Crippen LogP contribution in [-0.4, -0.2) is 23.2 Å². The second-order valence-electron chi connectivity index (χ2n) is 6.17. The van der Waals surface area contributed by atoms with Crippen LogP contribution in [-0.2, 0) is 17.6 Å². The number of carbonyl (C=O) groups is 1. The molecule has 0 heterocycles. The number of hydrogen-bond acceptors (Lipinski definition) is 2. The Morgan fingerprint density at radius 1 is 1.04 bits per heavy atom. The van der Waals surface area contributed by atoms with Gasteiger partial charge in [-0.15, -0.1) is 0 Å². The monoisotopic (exact) mass is 311 g/mol. The molecule has 0 spiro atoms. The maximum absolute atomic E-state index is 11.5. The van der Waals surface area contributed by atoms with E-state index in [2.05, 4.69) is 43.4 Å². The van der Waals surface area contributed by atoms with Crippen LogP contribution in [0.1, 0.15) is 30.0 Å². The molecule has 0 saturated heterocycles. The van der Waals surface area contributed by atoms with Gasteiger partial charge in [0.2, 0.25) is 0 Å². The van der Waals surface area contributed by atoms with Gasteiger partial charge in [0, 0.05) is 6.04 Å². The molecule has 2 N–H and O–H groups in total. The van der Waals surface area contributed by atoms with E-state index in [0.717, 1.165) is 18.4 Å². The molecule has 0 bridgehead atoms. The van der Waals surface area contributed by atoms with E-state index < -0.39 is 12.0 Å². The number of hydrogen-bond donors (Lipinski definition) is 2. The highest BCUT2D eigenvalue weighted by Crippen LogP contribution is 2.09. The minimum atomic E-state index is -0.795. The van der Waals surface area contributed by atoms with Crippen LogP contribution >= 0.6 is 0 Å². The Bertz CT molecular complexity index is 607. The molecule has 3 nitrogen and oxygen atoms in total. The maximum atomic E-state index is 11.5. The summed E-state index contributed by atoms with van der Waals surface area (Å²) in [6.07, 6.45) is 2.37. The van der Waals surface area contributed by atoms with E-state index in [0.29, 0.717) is 6.42 Å². The highest BCUT2D eigenvalue weighted by Gasteiger charge is 2.19. The van der Waals surface area contributed by atoms with Crippen molar-refractivity contribution in [3.05, 3.63) is 71.3 Å². The Morgan fingerprint density at radius 3 is 2.30 bits per heavy atom. The average Bonchev–Trinajstić information content (AvgIpc) is 2.54. The molecular weight excluding hydrogens is 286 g/mol. The molecule has 0 aliphatic heterocycles. The first-order valence-corrected chi connectivity index (χ1v) is 8.13. The maximum Gasteiger partial charge on any atom is 0.321 e. The van der Waals surface area contributed by atoms with Crippen molar-refractivity contribution in [2.24, 2.45) is 0 Å². The lowest BCUT2D eigenvalue weighted by Gasteiger charge is -2.20. The number of carboxylic acids is 1. The van der Waals surface area contributed by atoms with Gasteiger partial charge < -0.3 is 10.4 Å². The summed E-state index contributed by atoms with van der Waals surface area (Å²) in [5.74, 6) is -0.795. The molecule has 23 heavy (non-hydrogen) atoms. The summed E-state index contributed by atoms with van der Waals surface area (Å²) in [5.41, 5.74) is 3.59. The zero-order valence-corrected chi connectivity index (χ0v) is 13.8. The second-order valence-corrected chi connectivity index (χ2v) is 6.17. The molecule has 0 aromatic heterocycles. The smallest absolute Gasteiger partial charge is 0.321 e.